The van der Waals surface area contributed by atoms with E-state index in [0.717, 1.165) is 29.2 Å². The van der Waals surface area contributed by atoms with Crippen LogP contribution in [-0.2, 0) is 6.54 Å². The summed E-state index contributed by atoms with van der Waals surface area (Å²) in [5.41, 5.74) is 2.01. The fraction of sp³-hybridized carbons (Fsp3) is 0.308. The summed E-state index contributed by atoms with van der Waals surface area (Å²) in [5.74, 6) is 0. The highest BCUT2D eigenvalue weighted by atomic mass is 32.1. The number of aliphatic hydroxyl groups is 1. The highest BCUT2D eigenvalue weighted by Gasteiger charge is 2.08. The Morgan fingerprint density at radius 2 is 2.28 bits per heavy atom. The van der Waals surface area contributed by atoms with Crippen molar-refractivity contribution in [3.63, 3.8) is 0 Å². The lowest BCUT2D eigenvalue weighted by Gasteiger charge is -2.03. The van der Waals surface area contributed by atoms with Gasteiger partial charge in [0.2, 0.25) is 0 Å². The number of rotatable bonds is 4. The SMILES string of the molecule is CCC(O)c1ccn(Cc2cn3ccsc3n2)c1. The smallest absolute Gasteiger partial charge is 0.193 e. The summed E-state index contributed by atoms with van der Waals surface area (Å²) in [6.07, 6.45) is 8.41. The molecule has 3 aromatic heterocycles. The molecule has 0 aliphatic carbocycles. The zero-order valence-corrected chi connectivity index (χ0v) is 11.0. The van der Waals surface area contributed by atoms with Gasteiger partial charge in [0, 0.05) is 30.2 Å². The number of imidazole rings is 1. The average molecular weight is 261 g/mol. The Balaban J connectivity index is 1.79. The van der Waals surface area contributed by atoms with Crippen LogP contribution >= 0.6 is 11.3 Å². The second-order valence-electron chi connectivity index (χ2n) is 4.37. The zero-order chi connectivity index (χ0) is 12.5. The summed E-state index contributed by atoms with van der Waals surface area (Å²) < 4.78 is 4.09. The van der Waals surface area contributed by atoms with Crippen molar-refractivity contribution in [2.24, 2.45) is 0 Å². The first-order valence-electron chi connectivity index (χ1n) is 6.01. The van der Waals surface area contributed by atoms with E-state index in [1.807, 2.05) is 47.6 Å². The lowest BCUT2D eigenvalue weighted by atomic mass is 10.1. The van der Waals surface area contributed by atoms with Crippen LogP contribution in [0.4, 0.5) is 0 Å². The molecule has 18 heavy (non-hydrogen) atoms. The maximum Gasteiger partial charge on any atom is 0.193 e. The lowest BCUT2D eigenvalue weighted by Crippen LogP contribution is -1.97. The van der Waals surface area contributed by atoms with Crippen molar-refractivity contribution in [1.82, 2.24) is 14.0 Å². The van der Waals surface area contributed by atoms with E-state index >= 15 is 0 Å². The van der Waals surface area contributed by atoms with Crippen LogP contribution in [0.3, 0.4) is 0 Å². The number of hydrogen-bond acceptors (Lipinski definition) is 3. The van der Waals surface area contributed by atoms with Gasteiger partial charge in [-0.1, -0.05) is 6.92 Å². The molecule has 0 amide bonds. The number of fused-ring (bicyclic) bond motifs is 1. The summed E-state index contributed by atoms with van der Waals surface area (Å²) >= 11 is 1.64. The van der Waals surface area contributed by atoms with E-state index in [9.17, 15) is 5.11 Å². The predicted molar refractivity (Wildman–Crippen MR) is 71.9 cm³/mol. The number of aromatic nitrogens is 3. The van der Waals surface area contributed by atoms with Crippen molar-refractivity contribution in [1.29, 1.82) is 0 Å². The fourth-order valence-corrected chi connectivity index (χ4v) is 2.75. The van der Waals surface area contributed by atoms with Gasteiger partial charge >= 0.3 is 0 Å². The van der Waals surface area contributed by atoms with E-state index in [1.54, 1.807) is 11.3 Å². The summed E-state index contributed by atoms with van der Waals surface area (Å²) in [6, 6.07) is 1.96. The minimum atomic E-state index is -0.364. The van der Waals surface area contributed by atoms with Crippen molar-refractivity contribution < 1.29 is 5.11 Å². The van der Waals surface area contributed by atoms with Gasteiger partial charge < -0.3 is 9.67 Å². The molecule has 1 atom stereocenters. The normalized spacial score (nSPS) is 13.2. The molecule has 94 valence electrons. The van der Waals surface area contributed by atoms with E-state index in [0.29, 0.717) is 0 Å². The van der Waals surface area contributed by atoms with Gasteiger partial charge in [-0.3, -0.25) is 4.40 Å². The Labute approximate surface area is 109 Å². The van der Waals surface area contributed by atoms with Crippen LogP contribution in [0.2, 0.25) is 0 Å². The first-order valence-corrected chi connectivity index (χ1v) is 6.89. The molecule has 0 bridgehead atoms. The molecular weight excluding hydrogens is 246 g/mol. The molecule has 0 saturated carbocycles. The molecule has 0 aliphatic rings. The standard InChI is InChI=1S/C13H15N3OS/c1-2-12(17)10-3-4-15(7-10)8-11-9-16-5-6-18-13(16)14-11/h3-7,9,12,17H,2,8H2,1H3. The van der Waals surface area contributed by atoms with Gasteiger partial charge in [-0.25, -0.2) is 4.98 Å². The van der Waals surface area contributed by atoms with Gasteiger partial charge in [-0.2, -0.15) is 0 Å². The Hall–Kier alpha value is -1.59. The van der Waals surface area contributed by atoms with Crippen molar-refractivity contribution in [3.05, 3.63) is 47.5 Å². The molecule has 1 N–H and O–H groups in total. The number of hydrogen-bond donors (Lipinski definition) is 1. The van der Waals surface area contributed by atoms with Crippen LogP contribution in [0, 0.1) is 0 Å². The van der Waals surface area contributed by atoms with Crippen LogP contribution in [0.25, 0.3) is 4.96 Å². The molecule has 3 aromatic rings. The number of nitrogens with zero attached hydrogens (tertiary/aromatic N) is 3. The molecule has 3 rings (SSSR count). The highest BCUT2D eigenvalue weighted by molar-refractivity contribution is 7.15. The van der Waals surface area contributed by atoms with Gasteiger partial charge in [0.15, 0.2) is 4.96 Å². The third-order valence-corrected chi connectivity index (χ3v) is 3.80. The first-order chi connectivity index (χ1) is 8.76. The minimum absolute atomic E-state index is 0.364. The van der Waals surface area contributed by atoms with Crippen LogP contribution in [-0.4, -0.2) is 19.1 Å². The van der Waals surface area contributed by atoms with Gasteiger partial charge in [0.1, 0.15) is 0 Å². The fourth-order valence-electron chi connectivity index (χ4n) is 2.03. The van der Waals surface area contributed by atoms with Crippen molar-refractivity contribution in [2.45, 2.75) is 26.0 Å². The minimum Gasteiger partial charge on any atom is -0.388 e. The summed E-state index contributed by atoms with van der Waals surface area (Å²) in [4.78, 5) is 5.56. The molecule has 0 saturated heterocycles. The predicted octanol–water partition coefficient (Wildman–Crippen LogP) is 2.69. The Bertz CT molecular complexity index is 623. The Morgan fingerprint density at radius 1 is 1.39 bits per heavy atom. The van der Waals surface area contributed by atoms with Crippen molar-refractivity contribution in [3.8, 4) is 0 Å². The van der Waals surface area contributed by atoms with Crippen LogP contribution in [0.15, 0.2) is 36.2 Å². The van der Waals surface area contributed by atoms with Gasteiger partial charge in [-0.05, 0) is 18.1 Å². The van der Waals surface area contributed by atoms with Gasteiger partial charge in [-0.15, -0.1) is 11.3 Å². The van der Waals surface area contributed by atoms with E-state index in [1.165, 1.54) is 0 Å². The molecule has 0 spiro atoms. The third-order valence-electron chi connectivity index (χ3n) is 3.03. The summed E-state index contributed by atoms with van der Waals surface area (Å²) in [5, 5.41) is 11.8. The Morgan fingerprint density at radius 3 is 3.06 bits per heavy atom. The van der Waals surface area contributed by atoms with E-state index in [-0.39, 0.29) is 6.10 Å². The molecule has 0 fully saturated rings. The van der Waals surface area contributed by atoms with Crippen LogP contribution in [0.5, 0.6) is 0 Å². The largest absolute Gasteiger partial charge is 0.388 e. The average Bonchev–Trinajstić information content (AvgIpc) is 3.03. The Kier molecular flexibility index (Phi) is 2.93. The molecule has 4 nitrogen and oxygen atoms in total. The van der Waals surface area contributed by atoms with E-state index < -0.39 is 0 Å². The topological polar surface area (TPSA) is 42.5 Å². The lowest BCUT2D eigenvalue weighted by molar-refractivity contribution is 0.173. The van der Waals surface area contributed by atoms with E-state index in [2.05, 4.69) is 9.55 Å². The molecule has 1 unspecified atom stereocenters. The maximum absolute atomic E-state index is 9.76. The first kappa shape index (κ1) is 11.5. The van der Waals surface area contributed by atoms with Crippen LogP contribution in [0.1, 0.15) is 30.7 Å². The molecule has 0 aliphatic heterocycles. The molecular formula is C13H15N3OS. The summed E-state index contributed by atoms with van der Waals surface area (Å²) in [6.45, 7) is 2.72. The van der Waals surface area contributed by atoms with Crippen LogP contribution < -0.4 is 0 Å². The van der Waals surface area contributed by atoms with Gasteiger partial charge in [0.05, 0.1) is 18.3 Å². The highest BCUT2D eigenvalue weighted by Crippen LogP contribution is 2.17. The maximum atomic E-state index is 9.76. The second-order valence-corrected chi connectivity index (χ2v) is 5.24. The van der Waals surface area contributed by atoms with Crippen molar-refractivity contribution >= 4 is 16.3 Å². The molecule has 5 heteroatoms. The molecule has 0 aromatic carbocycles. The van der Waals surface area contributed by atoms with Gasteiger partial charge in [0.25, 0.3) is 0 Å². The second kappa shape index (κ2) is 4.59. The monoisotopic (exact) mass is 261 g/mol. The third kappa shape index (κ3) is 2.07. The summed E-state index contributed by atoms with van der Waals surface area (Å²) in [7, 11) is 0. The molecule has 0 radical (unpaired) electrons. The quantitative estimate of drug-likeness (QED) is 0.784. The number of thiazole rings is 1. The molecule has 3 heterocycles. The number of aliphatic hydroxyl groups excluding tert-OH is 1. The van der Waals surface area contributed by atoms with E-state index in [4.69, 9.17) is 0 Å². The zero-order valence-electron chi connectivity index (χ0n) is 10.2. The van der Waals surface area contributed by atoms with Crippen molar-refractivity contribution in [2.75, 3.05) is 0 Å².